The van der Waals surface area contributed by atoms with Gasteiger partial charge in [-0.25, -0.2) is 9.98 Å². The molecule has 0 spiro atoms. The number of nitrogens with two attached hydrogens (primary N) is 1. The Morgan fingerprint density at radius 2 is 1.96 bits per heavy atom. The molecular formula is C18H16ClN5O3. The van der Waals surface area contributed by atoms with Crippen LogP contribution in [-0.2, 0) is 0 Å². The number of rotatable bonds is 1. The van der Waals surface area contributed by atoms with Gasteiger partial charge in [-0.15, -0.1) is 0 Å². The fraction of sp³-hybridized carbons (Fsp3) is 0.222. The van der Waals surface area contributed by atoms with Crippen molar-refractivity contribution < 1.29 is 14.6 Å². The number of imidazole rings is 1. The second-order valence-corrected chi connectivity index (χ2v) is 6.80. The van der Waals surface area contributed by atoms with Gasteiger partial charge in [0.25, 0.3) is 0 Å². The van der Waals surface area contributed by atoms with E-state index in [-0.39, 0.29) is 11.7 Å². The Balaban J connectivity index is 1.74. The van der Waals surface area contributed by atoms with E-state index in [1.165, 1.54) is 6.07 Å². The Bertz CT molecular complexity index is 1090. The van der Waals surface area contributed by atoms with Crippen LogP contribution in [0.3, 0.4) is 0 Å². The number of fused-ring (bicyclic) bond motifs is 4. The normalized spacial score (nSPS) is 18.4. The summed E-state index contributed by atoms with van der Waals surface area (Å²) in [5, 5.41) is 13.8. The number of aromatic nitrogens is 2. The molecule has 0 bridgehead atoms. The predicted molar refractivity (Wildman–Crippen MR) is 102 cm³/mol. The highest BCUT2D eigenvalue weighted by molar-refractivity contribution is 6.30. The molecular weight excluding hydrogens is 370 g/mol. The smallest absolute Gasteiger partial charge is 0.212 e. The van der Waals surface area contributed by atoms with Crippen LogP contribution in [0.25, 0.3) is 11.0 Å². The third-order valence-electron chi connectivity index (χ3n) is 4.57. The molecule has 1 atom stereocenters. The minimum Gasteiger partial charge on any atom is -0.508 e. The van der Waals surface area contributed by atoms with Gasteiger partial charge in [-0.3, -0.25) is 9.88 Å². The van der Waals surface area contributed by atoms with Crippen molar-refractivity contribution in [1.82, 2.24) is 9.55 Å². The number of phenolic OH excluding ortho intramolecular Hbond substituents is 1. The largest absolute Gasteiger partial charge is 0.508 e. The first-order chi connectivity index (χ1) is 13.1. The van der Waals surface area contributed by atoms with Crippen molar-refractivity contribution in [3.05, 3.63) is 40.9 Å². The van der Waals surface area contributed by atoms with Crippen molar-refractivity contribution in [2.45, 2.75) is 12.6 Å². The van der Waals surface area contributed by atoms with E-state index in [1.54, 1.807) is 12.1 Å². The number of anilines is 1. The van der Waals surface area contributed by atoms with Crippen LogP contribution in [0.5, 0.6) is 17.2 Å². The summed E-state index contributed by atoms with van der Waals surface area (Å²) in [4.78, 5) is 9.08. The van der Waals surface area contributed by atoms with Crippen LogP contribution in [0.15, 0.2) is 35.3 Å². The molecule has 0 fully saturated rings. The van der Waals surface area contributed by atoms with Gasteiger partial charge in [0.05, 0.1) is 24.2 Å². The first-order valence-corrected chi connectivity index (χ1v) is 8.88. The van der Waals surface area contributed by atoms with Crippen molar-refractivity contribution in [1.29, 1.82) is 0 Å². The van der Waals surface area contributed by atoms with Crippen molar-refractivity contribution in [2.24, 2.45) is 10.7 Å². The lowest BCUT2D eigenvalue weighted by Crippen LogP contribution is -2.31. The molecule has 0 amide bonds. The molecule has 3 aromatic rings. The molecule has 0 saturated heterocycles. The topological polar surface area (TPSA) is 107 Å². The molecule has 2 aromatic carbocycles. The zero-order chi connectivity index (χ0) is 18.5. The number of aromatic hydroxyl groups is 1. The van der Waals surface area contributed by atoms with E-state index < -0.39 is 6.17 Å². The van der Waals surface area contributed by atoms with Crippen LogP contribution >= 0.6 is 11.6 Å². The lowest BCUT2D eigenvalue weighted by Gasteiger charge is -2.24. The SMILES string of the molecule is NC1=NC(c2cc(Cl)ccc2O)n2c(nc3cc4c(cc32)OCCCO4)N1. The first kappa shape index (κ1) is 16.1. The number of nitrogens with zero attached hydrogens (tertiary/aromatic N) is 3. The zero-order valence-electron chi connectivity index (χ0n) is 14.1. The van der Waals surface area contributed by atoms with Crippen LogP contribution < -0.4 is 20.5 Å². The molecule has 27 heavy (non-hydrogen) atoms. The fourth-order valence-corrected chi connectivity index (χ4v) is 3.55. The van der Waals surface area contributed by atoms with E-state index in [1.807, 2.05) is 16.7 Å². The minimum atomic E-state index is -0.616. The maximum Gasteiger partial charge on any atom is 0.212 e. The lowest BCUT2D eigenvalue weighted by molar-refractivity contribution is 0.297. The molecule has 2 aliphatic heterocycles. The molecule has 1 unspecified atom stereocenters. The average Bonchev–Trinajstić information content (AvgIpc) is 2.82. The fourth-order valence-electron chi connectivity index (χ4n) is 3.36. The van der Waals surface area contributed by atoms with Gasteiger partial charge in [-0.05, 0) is 18.2 Å². The summed E-state index contributed by atoms with van der Waals surface area (Å²) in [6, 6.07) is 8.54. The Morgan fingerprint density at radius 3 is 2.78 bits per heavy atom. The van der Waals surface area contributed by atoms with E-state index >= 15 is 0 Å². The number of ether oxygens (including phenoxy) is 2. The molecule has 9 heteroatoms. The van der Waals surface area contributed by atoms with Gasteiger partial charge in [0.1, 0.15) is 5.75 Å². The highest BCUT2D eigenvalue weighted by Gasteiger charge is 2.28. The first-order valence-electron chi connectivity index (χ1n) is 8.50. The molecule has 0 aliphatic carbocycles. The van der Waals surface area contributed by atoms with E-state index in [9.17, 15) is 5.11 Å². The summed E-state index contributed by atoms with van der Waals surface area (Å²) < 4.78 is 13.4. The lowest BCUT2D eigenvalue weighted by atomic mass is 10.1. The standard InChI is InChI=1S/C18H16ClN5O3/c19-9-2-3-13(25)10(6-9)16-22-17(20)23-18-21-11-7-14-15(8-12(11)24(16)18)27-5-1-4-26-14/h2-3,6-8,16,25H,1,4-5H2,(H3,20,21,22,23). The van der Waals surface area contributed by atoms with E-state index in [4.69, 9.17) is 26.8 Å². The molecule has 0 saturated carbocycles. The molecule has 0 radical (unpaired) electrons. The summed E-state index contributed by atoms with van der Waals surface area (Å²) in [5.41, 5.74) is 7.97. The molecule has 2 aliphatic rings. The Hall–Kier alpha value is -3.13. The molecule has 4 N–H and O–H groups in total. The highest BCUT2D eigenvalue weighted by Crippen LogP contribution is 2.40. The summed E-state index contributed by atoms with van der Waals surface area (Å²) in [5.74, 6) is 2.11. The zero-order valence-corrected chi connectivity index (χ0v) is 14.9. The molecule has 138 valence electrons. The van der Waals surface area contributed by atoms with Crippen molar-refractivity contribution >= 4 is 34.5 Å². The van der Waals surface area contributed by atoms with Gasteiger partial charge >= 0.3 is 0 Å². The van der Waals surface area contributed by atoms with Crippen LogP contribution in [0.1, 0.15) is 18.2 Å². The number of aliphatic imine (C=N–C) groups is 1. The number of hydrogen-bond acceptors (Lipinski definition) is 7. The number of benzene rings is 2. The summed E-state index contributed by atoms with van der Waals surface area (Å²) in [7, 11) is 0. The Morgan fingerprint density at radius 1 is 1.19 bits per heavy atom. The molecule has 5 rings (SSSR count). The van der Waals surface area contributed by atoms with Gasteiger partial charge in [0, 0.05) is 29.1 Å². The second kappa shape index (κ2) is 5.95. The van der Waals surface area contributed by atoms with Crippen molar-refractivity contribution in [3.8, 4) is 17.2 Å². The van der Waals surface area contributed by atoms with Crippen LogP contribution in [0.4, 0.5) is 5.95 Å². The number of halogens is 1. The van der Waals surface area contributed by atoms with Gasteiger partial charge in [0.2, 0.25) is 5.95 Å². The van der Waals surface area contributed by atoms with Crippen LogP contribution in [0.2, 0.25) is 5.02 Å². The maximum absolute atomic E-state index is 10.4. The minimum absolute atomic E-state index is 0.0741. The monoisotopic (exact) mass is 385 g/mol. The second-order valence-electron chi connectivity index (χ2n) is 6.36. The Labute approximate surface area is 159 Å². The molecule has 1 aromatic heterocycles. The highest BCUT2D eigenvalue weighted by atomic mass is 35.5. The van der Waals surface area contributed by atoms with Crippen molar-refractivity contribution in [2.75, 3.05) is 18.5 Å². The van der Waals surface area contributed by atoms with Crippen LogP contribution in [0, 0.1) is 0 Å². The third-order valence-corrected chi connectivity index (χ3v) is 4.81. The number of guanidine groups is 1. The summed E-state index contributed by atoms with van der Waals surface area (Å²) in [6.45, 7) is 1.18. The molecule has 8 nitrogen and oxygen atoms in total. The number of phenols is 1. The number of nitrogens with one attached hydrogen (secondary N) is 1. The van der Waals surface area contributed by atoms with Gasteiger partial charge in [-0.1, -0.05) is 11.6 Å². The van der Waals surface area contributed by atoms with Gasteiger partial charge in [-0.2, -0.15) is 0 Å². The van der Waals surface area contributed by atoms with E-state index in [0.29, 0.717) is 46.8 Å². The predicted octanol–water partition coefficient (Wildman–Crippen LogP) is 2.84. The molecule has 3 heterocycles. The van der Waals surface area contributed by atoms with Gasteiger partial charge in [0.15, 0.2) is 23.6 Å². The van der Waals surface area contributed by atoms with E-state index in [2.05, 4.69) is 15.3 Å². The van der Waals surface area contributed by atoms with Crippen LogP contribution in [-0.4, -0.2) is 33.8 Å². The number of hydrogen-bond donors (Lipinski definition) is 3. The third kappa shape index (κ3) is 2.60. The van der Waals surface area contributed by atoms with Crippen molar-refractivity contribution in [3.63, 3.8) is 0 Å². The summed E-state index contributed by atoms with van der Waals surface area (Å²) >= 11 is 6.14. The summed E-state index contributed by atoms with van der Waals surface area (Å²) in [6.07, 6.45) is 0.202. The quantitative estimate of drug-likeness (QED) is 0.594. The Kier molecular flexibility index (Phi) is 3.54. The average molecular weight is 386 g/mol. The maximum atomic E-state index is 10.4. The van der Waals surface area contributed by atoms with Gasteiger partial charge < -0.3 is 20.3 Å². The van der Waals surface area contributed by atoms with E-state index in [0.717, 1.165) is 11.9 Å².